The molecule has 1 saturated carbocycles. The maximum Gasteiger partial charge on any atom is 0.0611 e. The third kappa shape index (κ3) is 2.89. The lowest BCUT2D eigenvalue weighted by Crippen LogP contribution is -2.64. The molecule has 2 N–H and O–H groups in total. The van der Waals surface area contributed by atoms with Crippen molar-refractivity contribution < 1.29 is 4.74 Å². The summed E-state index contributed by atoms with van der Waals surface area (Å²) in [6.45, 7) is 8.53. The zero-order valence-corrected chi connectivity index (χ0v) is 12.2. The van der Waals surface area contributed by atoms with Gasteiger partial charge in [-0.15, -0.1) is 0 Å². The van der Waals surface area contributed by atoms with Crippen LogP contribution in [0.2, 0.25) is 0 Å². The summed E-state index contributed by atoms with van der Waals surface area (Å²) in [5.74, 6) is 0.938. The number of hydrogen-bond donors (Lipinski definition) is 1. The highest BCUT2D eigenvalue weighted by Crippen LogP contribution is 2.40. The van der Waals surface area contributed by atoms with Crippen molar-refractivity contribution in [1.29, 1.82) is 0 Å². The van der Waals surface area contributed by atoms with E-state index in [9.17, 15) is 0 Å². The van der Waals surface area contributed by atoms with Crippen LogP contribution in [0, 0.1) is 5.92 Å². The van der Waals surface area contributed by atoms with Crippen LogP contribution in [0.25, 0.3) is 0 Å². The fourth-order valence-corrected chi connectivity index (χ4v) is 3.74. The summed E-state index contributed by atoms with van der Waals surface area (Å²) < 4.78 is 5.72. The Morgan fingerprint density at radius 2 is 2.00 bits per heavy atom. The fourth-order valence-electron chi connectivity index (χ4n) is 3.74. The number of ether oxygens (including phenoxy) is 1. The Morgan fingerprint density at radius 1 is 1.22 bits per heavy atom. The lowest BCUT2D eigenvalue weighted by molar-refractivity contribution is -0.0993. The highest BCUT2D eigenvalue weighted by atomic mass is 16.5. The maximum absolute atomic E-state index is 6.08. The first kappa shape index (κ1) is 14.3. The highest BCUT2D eigenvalue weighted by molar-refractivity contribution is 5.05. The summed E-state index contributed by atoms with van der Waals surface area (Å²) in [4.78, 5) is 2.68. The molecule has 0 amide bonds. The molecule has 0 aromatic heterocycles. The zero-order chi connectivity index (χ0) is 13.0. The molecule has 0 radical (unpaired) electrons. The van der Waals surface area contributed by atoms with Crippen molar-refractivity contribution in [3.05, 3.63) is 0 Å². The first-order valence-corrected chi connectivity index (χ1v) is 7.80. The van der Waals surface area contributed by atoms with Gasteiger partial charge in [0.05, 0.1) is 6.10 Å². The van der Waals surface area contributed by atoms with E-state index < -0.39 is 0 Å². The maximum atomic E-state index is 6.08. The molecule has 18 heavy (non-hydrogen) atoms. The van der Waals surface area contributed by atoms with Crippen molar-refractivity contribution in [3.63, 3.8) is 0 Å². The van der Waals surface area contributed by atoms with Gasteiger partial charge in [-0.3, -0.25) is 4.90 Å². The Labute approximate surface area is 112 Å². The molecule has 1 unspecified atom stereocenters. The van der Waals surface area contributed by atoms with E-state index in [1.165, 1.54) is 38.8 Å². The Morgan fingerprint density at radius 3 is 2.61 bits per heavy atom. The molecular formula is C15H30N2O. The molecule has 0 bridgehead atoms. The molecule has 2 fully saturated rings. The number of likely N-dealkylation sites (tertiary alicyclic amines) is 1. The fraction of sp³-hybridized carbons (Fsp3) is 1.00. The van der Waals surface area contributed by atoms with Crippen molar-refractivity contribution >= 4 is 0 Å². The second-order valence-electron chi connectivity index (χ2n) is 6.11. The van der Waals surface area contributed by atoms with E-state index in [4.69, 9.17) is 10.5 Å². The van der Waals surface area contributed by atoms with Gasteiger partial charge in [-0.25, -0.2) is 0 Å². The van der Waals surface area contributed by atoms with Crippen molar-refractivity contribution in [2.45, 2.75) is 64.0 Å². The molecule has 1 aliphatic carbocycles. The van der Waals surface area contributed by atoms with E-state index in [1.807, 2.05) is 0 Å². The second-order valence-corrected chi connectivity index (χ2v) is 6.11. The molecular weight excluding hydrogens is 224 g/mol. The van der Waals surface area contributed by atoms with Gasteiger partial charge in [0.25, 0.3) is 0 Å². The van der Waals surface area contributed by atoms with Gasteiger partial charge in [0.1, 0.15) is 0 Å². The SMILES string of the molecule is CCOC1CC(CN)(N2CCCC(CC)CC2)C1. The van der Waals surface area contributed by atoms with E-state index in [0.29, 0.717) is 6.10 Å². The molecule has 2 aliphatic rings. The summed E-state index contributed by atoms with van der Waals surface area (Å²) in [7, 11) is 0. The van der Waals surface area contributed by atoms with Crippen LogP contribution in [0.1, 0.15) is 52.4 Å². The number of nitrogens with two attached hydrogens (primary N) is 1. The molecule has 1 saturated heterocycles. The molecule has 3 heteroatoms. The molecule has 1 aliphatic heterocycles. The predicted molar refractivity (Wildman–Crippen MR) is 75.6 cm³/mol. The highest BCUT2D eigenvalue weighted by Gasteiger charge is 2.48. The van der Waals surface area contributed by atoms with Crippen LogP contribution >= 0.6 is 0 Å². The van der Waals surface area contributed by atoms with Gasteiger partial charge in [-0.1, -0.05) is 13.3 Å². The van der Waals surface area contributed by atoms with Gasteiger partial charge in [0.15, 0.2) is 0 Å². The third-order valence-electron chi connectivity index (χ3n) is 5.09. The summed E-state index contributed by atoms with van der Waals surface area (Å²) in [6.07, 6.45) is 8.20. The van der Waals surface area contributed by atoms with Gasteiger partial charge in [0.2, 0.25) is 0 Å². The largest absolute Gasteiger partial charge is 0.378 e. The van der Waals surface area contributed by atoms with Crippen LogP contribution in [0.5, 0.6) is 0 Å². The van der Waals surface area contributed by atoms with Crippen LogP contribution < -0.4 is 5.73 Å². The number of rotatable bonds is 5. The Bertz CT molecular complexity index is 251. The average molecular weight is 254 g/mol. The molecule has 0 aromatic rings. The lowest BCUT2D eigenvalue weighted by atomic mass is 9.72. The summed E-state index contributed by atoms with van der Waals surface area (Å²) in [5.41, 5.74) is 6.35. The monoisotopic (exact) mass is 254 g/mol. The van der Waals surface area contributed by atoms with Crippen molar-refractivity contribution in [1.82, 2.24) is 4.90 Å². The summed E-state index contributed by atoms with van der Waals surface area (Å²) in [5, 5.41) is 0. The predicted octanol–water partition coefficient (Wildman–Crippen LogP) is 2.39. The first-order chi connectivity index (χ1) is 8.74. The van der Waals surface area contributed by atoms with Crippen LogP contribution in [0.4, 0.5) is 0 Å². The molecule has 2 rings (SSSR count). The molecule has 0 aromatic carbocycles. The number of hydrogen-bond acceptors (Lipinski definition) is 3. The van der Waals surface area contributed by atoms with Crippen LogP contribution in [0.15, 0.2) is 0 Å². The quantitative estimate of drug-likeness (QED) is 0.819. The van der Waals surface area contributed by atoms with Crippen LogP contribution in [0.3, 0.4) is 0 Å². The van der Waals surface area contributed by atoms with E-state index in [0.717, 1.165) is 31.9 Å². The second kappa shape index (κ2) is 6.36. The van der Waals surface area contributed by atoms with E-state index >= 15 is 0 Å². The smallest absolute Gasteiger partial charge is 0.0611 e. The first-order valence-electron chi connectivity index (χ1n) is 7.80. The van der Waals surface area contributed by atoms with Gasteiger partial charge < -0.3 is 10.5 Å². The normalized spacial score (nSPS) is 38.2. The van der Waals surface area contributed by atoms with Gasteiger partial charge in [-0.2, -0.15) is 0 Å². The molecule has 3 nitrogen and oxygen atoms in total. The minimum absolute atomic E-state index is 0.266. The van der Waals surface area contributed by atoms with E-state index in [-0.39, 0.29) is 5.54 Å². The number of nitrogens with zero attached hydrogens (tertiary/aromatic N) is 1. The van der Waals surface area contributed by atoms with Crippen molar-refractivity contribution in [3.8, 4) is 0 Å². The van der Waals surface area contributed by atoms with Crippen molar-refractivity contribution in [2.24, 2.45) is 11.7 Å². The van der Waals surface area contributed by atoms with Gasteiger partial charge in [-0.05, 0) is 58.0 Å². The van der Waals surface area contributed by atoms with Crippen LogP contribution in [-0.4, -0.2) is 42.8 Å². The summed E-state index contributed by atoms with van der Waals surface area (Å²) >= 11 is 0. The minimum atomic E-state index is 0.266. The molecule has 0 spiro atoms. The Hall–Kier alpha value is -0.120. The minimum Gasteiger partial charge on any atom is -0.378 e. The molecule has 106 valence electrons. The van der Waals surface area contributed by atoms with Gasteiger partial charge in [0, 0.05) is 18.7 Å². The zero-order valence-electron chi connectivity index (χ0n) is 12.2. The van der Waals surface area contributed by atoms with E-state index in [2.05, 4.69) is 18.7 Å². The van der Waals surface area contributed by atoms with Gasteiger partial charge >= 0.3 is 0 Å². The molecule has 1 atom stereocenters. The lowest BCUT2D eigenvalue weighted by Gasteiger charge is -2.53. The van der Waals surface area contributed by atoms with E-state index in [1.54, 1.807) is 0 Å². The summed E-state index contributed by atoms with van der Waals surface area (Å²) in [6, 6.07) is 0. The average Bonchev–Trinajstić information content (AvgIpc) is 2.59. The van der Waals surface area contributed by atoms with Crippen molar-refractivity contribution in [2.75, 3.05) is 26.2 Å². The molecule has 1 heterocycles. The Kier molecular flexibility index (Phi) is 5.05. The van der Waals surface area contributed by atoms with Crippen LogP contribution in [-0.2, 0) is 4.74 Å². The third-order valence-corrected chi connectivity index (χ3v) is 5.09. The topological polar surface area (TPSA) is 38.5 Å². The standard InChI is InChI=1S/C15H30N2O/c1-3-13-6-5-8-17(9-7-13)15(12-16)10-14(11-15)18-4-2/h13-14H,3-12,16H2,1-2H3. The Balaban J connectivity index is 1.89.